The second-order valence-electron chi connectivity index (χ2n) is 6.62. The van der Waals surface area contributed by atoms with Gasteiger partial charge in [0.25, 0.3) is 5.91 Å². The summed E-state index contributed by atoms with van der Waals surface area (Å²) in [5, 5.41) is 7.01. The third-order valence-electron chi connectivity index (χ3n) is 4.70. The Labute approximate surface area is 142 Å². The number of H-pyrrole nitrogens is 1. The molecule has 1 amide bonds. The number of carbonyl (C=O) groups excluding carboxylic acids is 1. The third-order valence-corrected chi connectivity index (χ3v) is 4.70. The number of carbonyl (C=O) groups is 1. The van der Waals surface area contributed by atoms with E-state index in [1.807, 2.05) is 30.3 Å². The summed E-state index contributed by atoms with van der Waals surface area (Å²) in [5.41, 5.74) is 6.67. The van der Waals surface area contributed by atoms with Gasteiger partial charge in [0.05, 0.1) is 17.5 Å². The highest BCUT2D eigenvalue weighted by Crippen LogP contribution is 2.34. The number of amides is 1. The summed E-state index contributed by atoms with van der Waals surface area (Å²) in [5.74, 6) is 0.464. The molecule has 1 aliphatic heterocycles. The van der Waals surface area contributed by atoms with Crippen LogP contribution in [0.2, 0.25) is 0 Å². The van der Waals surface area contributed by atoms with Gasteiger partial charge in [-0.15, -0.1) is 0 Å². The van der Waals surface area contributed by atoms with Crippen molar-refractivity contribution in [3.63, 3.8) is 0 Å². The van der Waals surface area contributed by atoms with E-state index in [0.29, 0.717) is 12.2 Å². The van der Waals surface area contributed by atoms with E-state index in [4.69, 9.17) is 10.5 Å². The Kier molecular flexibility index (Phi) is 4.85. The number of hydrogen-bond donors (Lipinski definition) is 2. The van der Waals surface area contributed by atoms with Gasteiger partial charge in [-0.05, 0) is 31.5 Å². The molecule has 6 heteroatoms. The number of primary amides is 1. The molecule has 0 aliphatic carbocycles. The lowest BCUT2D eigenvalue weighted by molar-refractivity contribution is 0.0990. The Morgan fingerprint density at radius 1 is 1.42 bits per heavy atom. The zero-order chi connectivity index (χ0) is 17.0. The standard InChI is InChI=1S/C18H24N4O2/c1-18(16-15(17(19)23)12-20-21-16)8-5-9-22(13-18)10-11-24-14-6-3-2-4-7-14/h2-4,6-7,12H,5,8-11,13H2,1H3,(H2,19,23)(H,20,21)/t18-/m0/s1. The van der Waals surface area contributed by atoms with Gasteiger partial charge in [0.1, 0.15) is 12.4 Å². The molecule has 6 nitrogen and oxygen atoms in total. The molecule has 1 aliphatic rings. The van der Waals surface area contributed by atoms with Crippen molar-refractivity contribution in [3.05, 3.63) is 47.8 Å². The monoisotopic (exact) mass is 328 g/mol. The number of nitrogens with two attached hydrogens (primary N) is 1. The van der Waals surface area contributed by atoms with Crippen molar-refractivity contribution in [1.82, 2.24) is 15.1 Å². The molecule has 3 rings (SSSR count). The number of ether oxygens (including phenoxy) is 1. The molecule has 1 atom stereocenters. The fraction of sp³-hybridized carbons (Fsp3) is 0.444. The predicted octanol–water partition coefficient (Wildman–Crippen LogP) is 1.94. The quantitative estimate of drug-likeness (QED) is 0.849. The van der Waals surface area contributed by atoms with Crippen molar-refractivity contribution in [2.75, 3.05) is 26.2 Å². The number of benzene rings is 1. The van der Waals surface area contributed by atoms with Crippen LogP contribution in [0.3, 0.4) is 0 Å². The first kappa shape index (κ1) is 16.5. The average Bonchev–Trinajstić information content (AvgIpc) is 3.07. The number of hydrogen-bond acceptors (Lipinski definition) is 4. The normalized spacial score (nSPS) is 21.5. The van der Waals surface area contributed by atoms with Crippen molar-refractivity contribution in [2.45, 2.75) is 25.2 Å². The maximum absolute atomic E-state index is 11.6. The van der Waals surface area contributed by atoms with Crippen LogP contribution < -0.4 is 10.5 Å². The van der Waals surface area contributed by atoms with Gasteiger partial charge in [0.15, 0.2) is 0 Å². The molecule has 1 saturated heterocycles. The Bertz CT molecular complexity index is 685. The van der Waals surface area contributed by atoms with Gasteiger partial charge in [-0.25, -0.2) is 0 Å². The Hall–Kier alpha value is -2.34. The number of rotatable bonds is 6. The Morgan fingerprint density at radius 2 is 2.21 bits per heavy atom. The van der Waals surface area contributed by atoms with Gasteiger partial charge in [-0.3, -0.25) is 14.8 Å². The fourth-order valence-electron chi connectivity index (χ4n) is 3.48. The highest BCUT2D eigenvalue weighted by atomic mass is 16.5. The van der Waals surface area contributed by atoms with E-state index in [9.17, 15) is 4.79 Å². The van der Waals surface area contributed by atoms with Crippen LogP contribution in [0.1, 0.15) is 35.8 Å². The minimum absolute atomic E-state index is 0.147. The lowest BCUT2D eigenvalue weighted by Crippen LogP contribution is -2.46. The largest absolute Gasteiger partial charge is 0.492 e. The smallest absolute Gasteiger partial charge is 0.252 e. The predicted molar refractivity (Wildman–Crippen MR) is 92.1 cm³/mol. The molecule has 1 aromatic carbocycles. The molecule has 0 bridgehead atoms. The third kappa shape index (κ3) is 3.59. The first-order chi connectivity index (χ1) is 11.6. The molecule has 2 heterocycles. The molecule has 1 fully saturated rings. The SMILES string of the molecule is C[C@]1(c2[nH]ncc2C(N)=O)CCCN(CCOc2ccccc2)C1. The number of piperidine rings is 1. The number of aromatic amines is 1. The van der Waals surface area contributed by atoms with Crippen molar-refractivity contribution in [2.24, 2.45) is 5.73 Å². The van der Waals surface area contributed by atoms with E-state index >= 15 is 0 Å². The summed E-state index contributed by atoms with van der Waals surface area (Å²) >= 11 is 0. The van der Waals surface area contributed by atoms with E-state index in [1.54, 1.807) is 0 Å². The van der Waals surface area contributed by atoms with Crippen molar-refractivity contribution in [1.29, 1.82) is 0 Å². The average molecular weight is 328 g/mol. The van der Waals surface area contributed by atoms with E-state index in [0.717, 1.165) is 43.9 Å². The van der Waals surface area contributed by atoms with Gasteiger partial charge >= 0.3 is 0 Å². The van der Waals surface area contributed by atoms with E-state index < -0.39 is 5.91 Å². The van der Waals surface area contributed by atoms with Crippen LogP contribution >= 0.6 is 0 Å². The zero-order valence-corrected chi connectivity index (χ0v) is 14.0. The van der Waals surface area contributed by atoms with Gasteiger partial charge in [0.2, 0.25) is 0 Å². The molecule has 2 aromatic rings. The number of aromatic nitrogens is 2. The topological polar surface area (TPSA) is 84.2 Å². The number of para-hydroxylation sites is 1. The van der Waals surface area contributed by atoms with Crippen LogP contribution in [0.25, 0.3) is 0 Å². The number of likely N-dealkylation sites (tertiary alicyclic amines) is 1. The van der Waals surface area contributed by atoms with Crippen LogP contribution in [0.4, 0.5) is 0 Å². The highest BCUT2D eigenvalue weighted by Gasteiger charge is 2.36. The number of nitrogens with one attached hydrogen (secondary N) is 1. The first-order valence-corrected chi connectivity index (χ1v) is 8.32. The lowest BCUT2D eigenvalue weighted by Gasteiger charge is -2.40. The fourth-order valence-corrected chi connectivity index (χ4v) is 3.48. The molecule has 0 spiro atoms. The summed E-state index contributed by atoms with van der Waals surface area (Å²) < 4.78 is 5.79. The summed E-state index contributed by atoms with van der Waals surface area (Å²) in [7, 11) is 0. The second kappa shape index (κ2) is 7.05. The summed E-state index contributed by atoms with van der Waals surface area (Å²) in [4.78, 5) is 14.0. The summed E-state index contributed by atoms with van der Waals surface area (Å²) in [6, 6.07) is 9.84. The minimum atomic E-state index is -0.426. The first-order valence-electron chi connectivity index (χ1n) is 8.32. The van der Waals surface area contributed by atoms with Gasteiger partial charge < -0.3 is 10.5 Å². The second-order valence-corrected chi connectivity index (χ2v) is 6.62. The molecule has 0 unspecified atom stereocenters. The van der Waals surface area contributed by atoms with Crippen molar-refractivity contribution < 1.29 is 9.53 Å². The van der Waals surface area contributed by atoms with Crippen LogP contribution in [-0.2, 0) is 5.41 Å². The van der Waals surface area contributed by atoms with Crippen LogP contribution in [-0.4, -0.2) is 47.2 Å². The zero-order valence-electron chi connectivity index (χ0n) is 14.0. The number of nitrogens with zero attached hydrogens (tertiary/aromatic N) is 2. The van der Waals surface area contributed by atoms with Crippen LogP contribution in [0.5, 0.6) is 5.75 Å². The molecule has 24 heavy (non-hydrogen) atoms. The molecule has 0 radical (unpaired) electrons. The molecule has 128 valence electrons. The maximum Gasteiger partial charge on any atom is 0.252 e. The summed E-state index contributed by atoms with van der Waals surface area (Å²) in [6.45, 7) is 5.55. The minimum Gasteiger partial charge on any atom is -0.492 e. The maximum atomic E-state index is 11.6. The Balaban J connectivity index is 1.61. The lowest BCUT2D eigenvalue weighted by atomic mass is 9.77. The van der Waals surface area contributed by atoms with Crippen molar-refractivity contribution in [3.8, 4) is 5.75 Å². The van der Waals surface area contributed by atoms with Gasteiger partial charge in [0, 0.05) is 18.5 Å². The van der Waals surface area contributed by atoms with E-state index in [2.05, 4.69) is 22.0 Å². The summed E-state index contributed by atoms with van der Waals surface area (Å²) in [6.07, 6.45) is 3.60. The molecular weight excluding hydrogens is 304 g/mol. The Morgan fingerprint density at radius 3 is 2.96 bits per heavy atom. The van der Waals surface area contributed by atoms with E-state index in [1.165, 1.54) is 6.20 Å². The van der Waals surface area contributed by atoms with E-state index in [-0.39, 0.29) is 5.41 Å². The van der Waals surface area contributed by atoms with Gasteiger partial charge in [-0.1, -0.05) is 25.1 Å². The molecular formula is C18H24N4O2. The highest BCUT2D eigenvalue weighted by molar-refractivity contribution is 5.94. The van der Waals surface area contributed by atoms with Crippen LogP contribution in [0, 0.1) is 0 Å². The van der Waals surface area contributed by atoms with Crippen LogP contribution in [0.15, 0.2) is 36.5 Å². The molecule has 1 aromatic heterocycles. The van der Waals surface area contributed by atoms with Gasteiger partial charge in [-0.2, -0.15) is 5.10 Å². The molecule has 3 N–H and O–H groups in total. The van der Waals surface area contributed by atoms with Crippen molar-refractivity contribution >= 4 is 5.91 Å². The molecule has 0 saturated carbocycles.